The summed E-state index contributed by atoms with van der Waals surface area (Å²) >= 11 is 0. The number of aryl methyl sites for hydroxylation is 1. The number of H-pyrrole nitrogens is 1. The molecule has 160 valence electrons. The van der Waals surface area contributed by atoms with Crippen molar-refractivity contribution in [1.29, 1.82) is 0 Å². The highest BCUT2D eigenvalue weighted by molar-refractivity contribution is 5.98. The van der Waals surface area contributed by atoms with E-state index in [0.717, 1.165) is 28.8 Å². The lowest BCUT2D eigenvalue weighted by Crippen LogP contribution is -2.37. The minimum atomic E-state index is -0.325. The van der Waals surface area contributed by atoms with Crippen LogP contribution in [-0.2, 0) is 0 Å². The Hall–Kier alpha value is -4.12. The van der Waals surface area contributed by atoms with E-state index in [1.54, 1.807) is 24.4 Å². The van der Waals surface area contributed by atoms with Crippen molar-refractivity contribution in [2.24, 2.45) is 0 Å². The van der Waals surface area contributed by atoms with Crippen molar-refractivity contribution < 1.29 is 9.53 Å². The number of imidazole rings is 1. The molecular weight excluding hydrogens is 404 g/mol. The van der Waals surface area contributed by atoms with E-state index >= 15 is 0 Å². The van der Waals surface area contributed by atoms with E-state index in [4.69, 9.17) is 16.1 Å². The lowest BCUT2D eigenvalue weighted by molar-refractivity contribution is 0.0695. The molecule has 2 aromatic heterocycles. The molecule has 8 heteroatoms. The molecule has 2 aromatic carbocycles. The Kier molecular flexibility index (Phi) is 4.86. The number of carbonyl (C=O) groups is 1. The van der Waals surface area contributed by atoms with Gasteiger partial charge in [-0.15, -0.1) is 6.42 Å². The summed E-state index contributed by atoms with van der Waals surface area (Å²) in [6.07, 6.45) is 10.4. The summed E-state index contributed by atoms with van der Waals surface area (Å²) in [7, 11) is 1.62. The number of rotatable bonds is 4. The van der Waals surface area contributed by atoms with Gasteiger partial charge in [-0.1, -0.05) is 17.6 Å². The number of methoxy groups -OCH3 is 1. The monoisotopic (exact) mass is 426 g/mol. The molecule has 0 radical (unpaired) electrons. The van der Waals surface area contributed by atoms with E-state index in [1.165, 1.54) is 4.80 Å². The maximum Gasteiger partial charge on any atom is 0.257 e. The molecule has 0 bridgehead atoms. The van der Waals surface area contributed by atoms with Crippen molar-refractivity contribution in [1.82, 2.24) is 29.9 Å². The quantitative estimate of drug-likeness (QED) is 0.505. The van der Waals surface area contributed by atoms with E-state index in [9.17, 15) is 4.79 Å². The van der Waals surface area contributed by atoms with Gasteiger partial charge in [0.15, 0.2) is 0 Å². The van der Waals surface area contributed by atoms with Crippen molar-refractivity contribution in [2.75, 3.05) is 7.11 Å². The van der Waals surface area contributed by atoms with Crippen LogP contribution in [0.25, 0.3) is 16.7 Å². The van der Waals surface area contributed by atoms with Crippen molar-refractivity contribution in [3.8, 4) is 23.8 Å². The average Bonchev–Trinajstić information content (AvgIpc) is 3.56. The summed E-state index contributed by atoms with van der Waals surface area (Å²) in [6.45, 7) is 1.95. The Morgan fingerprint density at radius 1 is 1.19 bits per heavy atom. The predicted molar refractivity (Wildman–Crippen MR) is 120 cm³/mol. The Morgan fingerprint density at radius 2 is 2.00 bits per heavy atom. The summed E-state index contributed by atoms with van der Waals surface area (Å²) < 4.78 is 5.31. The van der Waals surface area contributed by atoms with E-state index in [2.05, 4.69) is 21.1 Å². The Bertz CT molecular complexity index is 1330. The second-order valence-electron chi connectivity index (χ2n) is 7.83. The zero-order chi connectivity index (χ0) is 22.2. The third kappa shape index (κ3) is 3.28. The SMILES string of the molecule is C#C[C@@H]1CC[C@@H](c2nc3cc(OC)ccc3[nH]2)N1C(=O)c1cc(C)ccc1-n1nccn1. The van der Waals surface area contributed by atoms with E-state index < -0.39 is 0 Å². The number of nitrogens with one attached hydrogen (secondary N) is 1. The summed E-state index contributed by atoms with van der Waals surface area (Å²) in [5.41, 5.74) is 3.75. The summed E-state index contributed by atoms with van der Waals surface area (Å²) in [5.74, 6) is 4.07. The molecule has 1 aliphatic rings. The summed E-state index contributed by atoms with van der Waals surface area (Å²) in [4.78, 5) is 25.2. The third-order valence-electron chi connectivity index (χ3n) is 5.85. The Balaban J connectivity index is 1.57. The van der Waals surface area contributed by atoms with Gasteiger partial charge >= 0.3 is 0 Å². The minimum Gasteiger partial charge on any atom is -0.497 e. The second-order valence-corrected chi connectivity index (χ2v) is 7.83. The Morgan fingerprint density at radius 3 is 2.75 bits per heavy atom. The molecule has 1 aliphatic heterocycles. The van der Waals surface area contributed by atoms with Crippen molar-refractivity contribution >= 4 is 16.9 Å². The van der Waals surface area contributed by atoms with Gasteiger partial charge in [0, 0.05) is 6.07 Å². The molecule has 0 unspecified atom stereocenters. The molecule has 4 aromatic rings. The molecule has 5 rings (SSSR count). The maximum absolute atomic E-state index is 13.9. The van der Waals surface area contributed by atoms with Crippen molar-refractivity contribution in [3.05, 3.63) is 65.7 Å². The molecule has 1 N–H and O–H groups in total. The first-order valence-electron chi connectivity index (χ1n) is 10.4. The van der Waals surface area contributed by atoms with Gasteiger partial charge < -0.3 is 14.6 Å². The standard InChI is InChI=1S/C24H22N6O2/c1-4-16-6-10-22(23-27-19-8-7-17(32-3)14-20(19)28-23)29(16)24(31)18-13-15(2)5-9-21(18)30-25-11-12-26-30/h1,5,7-9,11-14,16,22H,6,10H2,2-3H3,(H,27,28)/t16-,22+/m1/s1. The van der Waals surface area contributed by atoms with Gasteiger partial charge in [0.05, 0.1) is 53.9 Å². The highest BCUT2D eigenvalue weighted by Gasteiger charge is 2.40. The summed E-state index contributed by atoms with van der Waals surface area (Å²) in [5, 5.41) is 8.42. The van der Waals surface area contributed by atoms with Crippen LogP contribution in [0, 0.1) is 19.3 Å². The van der Waals surface area contributed by atoms with Gasteiger partial charge in [-0.05, 0) is 44.0 Å². The number of aromatic amines is 1. The van der Waals surface area contributed by atoms with E-state index in [0.29, 0.717) is 23.5 Å². The minimum absolute atomic E-state index is 0.163. The molecular formula is C24H22N6O2. The number of benzene rings is 2. The van der Waals surface area contributed by atoms with Gasteiger partial charge in [-0.2, -0.15) is 15.0 Å². The molecule has 0 saturated carbocycles. The number of amides is 1. The molecule has 2 atom stereocenters. The van der Waals surface area contributed by atoms with E-state index in [1.807, 2.05) is 43.3 Å². The predicted octanol–water partition coefficient (Wildman–Crippen LogP) is 3.44. The fourth-order valence-corrected chi connectivity index (χ4v) is 4.29. The zero-order valence-electron chi connectivity index (χ0n) is 17.8. The highest BCUT2D eigenvalue weighted by Crippen LogP contribution is 2.37. The summed E-state index contributed by atoms with van der Waals surface area (Å²) in [6, 6.07) is 10.7. The number of hydrogen-bond acceptors (Lipinski definition) is 5. The highest BCUT2D eigenvalue weighted by atomic mass is 16.5. The van der Waals surface area contributed by atoms with Gasteiger partial charge in [0.2, 0.25) is 0 Å². The van der Waals surface area contributed by atoms with Crippen LogP contribution in [0.4, 0.5) is 0 Å². The van der Waals surface area contributed by atoms with Gasteiger partial charge in [0.25, 0.3) is 5.91 Å². The van der Waals surface area contributed by atoms with Crippen LogP contribution in [0.3, 0.4) is 0 Å². The zero-order valence-corrected chi connectivity index (χ0v) is 17.8. The van der Waals surface area contributed by atoms with Crippen LogP contribution in [0.1, 0.15) is 40.6 Å². The van der Waals surface area contributed by atoms with Gasteiger partial charge in [-0.25, -0.2) is 4.98 Å². The molecule has 0 spiro atoms. The first-order chi connectivity index (χ1) is 15.6. The average molecular weight is 426 g/mol. The number of likely N-dealkylation sites (tertiary alicyclic amines) is 1. The largest absolute Gasteiger partial charge is 0.497 e. The normalized spacial score (nSPS) is 18.1. The van der Waals surface area contributed by atoms with Crippen LogP contribution in [0.5, 0.6) is 5.75 Å². The van der Waals surface area contributed by atoms with E-state index in [-0.39, 0.29) is 18.0 Å². The number of terminal acetylenes is 1. The molecule has 32 heavy (non-hydrogen) atoms. The van der Waals surface area contributed by atoms with Crippen LogP contribution >= 0.6 is 0 Å². The van der Waals surface area contributed by atoms with Crippen LogP contribution < -0.4 is 4.74 Å². The number of fused-ring (bicyclic) bond motifs is 1. The van der Waals surface area contributed by atoms with Crippen molar-refractivity contribution in [3.63, 3.8) is 0 Å². The van der Waals surface area contributed by atoms with Crippen LogP contribution in [0.15, 0.2) is 48.8 Å². The topological polar surface area (TPSA) is 88.9 Å². The number of ether oxygens (including phenoxy) is 1. The molecule has 1 amide bonds. The molecule has 3 heterocycles. The Labute approximate surface area is 185 Å². The fraction of sp³-hybridized carbons (Fsp3) is 0.250. The van der Waals surface area contributed by atoms with Crippen molar-refractivity contribution in [2.45, 2.75) is 31.8 Å². The fourth-order valence-electron chi connectivity index (χ4n) is 4.29. The van der Waals surface area contributed by atoms with Crippen LogP contribution in [-0.4, -0.2) is 48.9 Å². The first kappa shape index (κ1) is 19.8. The molecule has 1 saturated heterocycles. The molecule has 0 aliphatic carbocycles. The number of nitrogens with zero attached hydrogens (tertiary/aromatic N) is 5. The van der Waals surface area contributed by atoms with Gasteiger partial charge in [0.1, 0.15) is 11.6 Å². The number of carbonyl (C=O) groups excluding carboxylic acids is 1. The lowest BCUT2D eigenvalue weighted by atomic mass is 10.1. The molecule has 8 nitrogen and oxygen atoms in total. The van der Waals surface area contributed by atoms with Crippen LogP contribution in [0.2, 0.25) is 0 Å². The number of aromatic nitrogens is 5. The third-order valence-corrected chi connectivity index (χ3v) is 5.85. The molecule has 1 fully saturated rings. The second kappa shape index (κ2) is 7.85. The first-order valence-corrected chi connectivity index (χ1v) is 10.4. The number of hydrogen-bond donors (Lipinski definition) is 1. The lowest BCUT2D eigenvalue weighted by Gasteiger charge is -2.27. The smallest absolute Gasteiger partial charge is 0.257 e. The maximum atomic E-state index is 13.9. The van der Waals surface area contributed by atoms with Gasteiger partial charge in [-0.3, -0.25) is 4.79 Å².